The van der Waals surface area contributed by atoms with Gasteiger partial charge in [0, 0.05) is 12.2 Å². The second-order valence-corrected chi connectivity index (χ2v) is 7.14. The van der Waals surface area contributed by atoms with Gasteiger partial charge >= 0.3 is 0 Å². The Morgan fingerprint density at radius 1 is 1.38 bits per heavy atom. The average Bonchev–Trinajstić information content (AvgIpc) is 3.15. The van der Waals surface area contributed by atoms with Gasteiger partial charge in [-0.1, -0.05) is 5.16 Å². The number of nitrogens with zero attached hydrogens (tertiary/aromatic N) is 1. The molecule has 0 saturated heterocycles. The summed E-state index contributed by atoms with van der Waals surface area (Å²) in [7, 11) is -3.49. The molecule has 0 aliphatic heterocycles. The number of halogens is 1. The van der Waals surface area contributed by atoms with Gasteiger partial charge in [0.1, 0.15) is 5.82 Å². The first-order valence-corrected chi connectivity index (χ1v) is 8.26. The summed E-state index contributed by atoms with van der Waals surface area (Å²) in [4.78, 5) is 12.0. The number of hydrogen-bond donors (Lipinski definition) is 0. The molecule has 0 N–H and O–H groups in total. The van der Waals surface area contributed by atoms with Crippen molar-refractivity contribution in [2.45, 2.75) is 17.7 Å². The maximum atomic E-state index is 14.1. The van der Waals surface area contributed by atoms with Crippen LogP contribution in [0.5, 0.6) is 0 Å². The normalized spacial score (nSPS) is 15.1. The van der Waals surface area contributed by atoms with Gasteiger partial charge in [-0.05, 0) is 31.0 Å². The zero-order valence-electron chi connectivity index (χ0n) is 11.2. The molecule has 1 aliphatic carbocycles. The molecule has 7 heteroatoms. The summed E-state index contributed by atoms with van der Waals surface area (Å²) in [6.45, 7) is 0. The van der Waals surface area contributed by atoms with Gasteiger partial charge in [0.05, 0.1) is 22.2 Å². The largest absolute Gasteiger partial charge is 0.355 e. The number of benzene rings is 1. The van der Waals surface area contributed by atoms with E-state index in [1.54, 1.807) is 0 Å². The van der Waals surface area contributed by atoms with E-state index in [1.165, 1.54) is 18.3 Å². The van der Waals surface area contributed by atoms with Crippen LogP contribution >= 0.6 is 0 Å². The molecule has 1 fully saturated rings. The van der Waals surface area contributed by atoms with Crippen molar-refractivity contribution >= 4 is 15.6 Å². The third-order valence-corrected chi connectivity index (χ3v) is 4.51. The molecule has 2 aromatic rings. The molecule has 0 unspecified atom stereocenters. The third-order valence-electron chi connectivity index (χ3n) is 3.40. The Morgan fingerprint density at radius 3 is 2.67 bits per heavy atom. The van der Waals surface area contributed by atoms with Crippen LogP contribution in [0.4, 0.5) is 4.39 Å². The summed E-state index contributed by atoms with van der Waals surface area (Å²) in [5.41, 5.74) is 0.271. The lowest BCUT2D eigenvalue weighted by atomic mass is 10.0. The average molecular weight is 309 g/mol. The van der Waals surface area contributed by atoms with Gasteiger partial charge in [0.15, 0.2) is 21.4 Å². The predicted octanol–water partition coefficient (Wildman–Crippen LogP) is 2.48. The second-order valence-electron chi connectivity index (χ2n) is 5.12. The van der Waals surface area contributed by atoms with Crippen LogP contribution in [0.25, 0.3) is 11.3 Å². The number of sulfone groups is 1. The molecule has 3 rings (SSSR count). The van der Waals surface area contributed by atoms with Gasteiger partial charge in [-0.3, -0.25) is 4.79 Å². The van der Waals surface area contributed by atoms with E-state index >= 15 is 0 Å². The fraction of sp³-hybridized carbons (Fsp3) is 0.286. The molecule has 0 atom stereocenters. The van der Waals surface area contributed by atoms with Crippen LogP contribution in [-0.2, 0) is 9.84 Å². The van der Waals surface area contributed by atoms with E-state index in [4.69, 9.17) is 4.52 Å². The van der Waals surface area contributed by atoms with E-state index in [0.29, 0.717) is 0 Å². The van der Waals surface area contributed by atoms with Gasteiger partial charge in [0.2, 0.25) is 0 Å². The molecule has 1 aliphatic rings. The van der Waals surface area contributed by atoms with Crippen LogP contribution in [0, 0.1) is 11.7 Å². The summed E-state index contributed by atoms with van der Waals surface area (Å²) < 4.78 is 41.9. The highest BCUT2D eigenvalue weighted by Crippen LogP contribution is 2.36. The van der Waals surface area contributed by atoms with Crippen molar-refractivity contribution in [1.82, 2.24) is 5.16 Å². The van der Waals surface area contributed by atoms with Gasteiger partial charge in [0.25, 0.3) is 0 Å². The van der Waals surface area contributed by atoms with Gasteiger partial charge < -0.3 is 4.52 Å². The van der Waals surface area contributed by atoms with Crippen LogP contribution in [0.15, 0.2) is 33.8 Å². The molecule has 0 amide bonds. The van der Waals surface area contributed by atoms with E-state index < -0.39 is 15.7 Å². The lowest BCUT2D eigenvalue weighted by Gasteiger charge is -2.04. The predicted molar refractivity (Wildman–Crippen MR) is 72.1 cm³/mol. The lowest BCUT2D eigenvalue weighted by Crippen LogP contribution is -2.03. The highest BCUT2D eigenvalue weighted by atomic mass is 32.2. The Bertz CT molecular complexity index is 821. The quantitative estimate of drug-likeness (QED) is 0.811. The Kier molecular flexibility index (Phi) is 3.16. The Labute approximate surface area is 120 Å². The van der Waals surface area contributed by atoms with Crippen molar-refractivity contribution in [1.29, 1.82) is 0 Å². The molecule has 1 saturated carbocycles. The highest BCUT2D eigenvalue weighted by molar-refractivity contribution is 7.90. The topological polar surface area (TPSA) is 77.2 Å². The minimum Gasteiger partial charge on any atom is -0.355 e. The van der Waals surface area contributed by atoms with Crippen molar-refractivity contribution in [3.63, 3.8) is 0 Å². The molecule has 21 heavy (non-hydrogen) atoms. The molecular weight excluding hydrogens is 297 g/mol. The standard InChI is InChI=1S/C14H12FNO4S/c1-21(18,19)9-4-5-10(12(15)6-9)14-11(7-16-20-14)13(17)8-2-3-8/h4-8H,2-3H2,1H3. The van der Waals surface area contributed by atoms with Gasteiger partial charge in [-0.25, -0.2) is 12.8 Å². The maximum Gasteiger partial charge on any atom is 0.180 e. The molecule has 1 aromatic heterocycles. The first kappa shape index (κ1) is 13.9. The monoisotopic (exact) mass is 309 g/mol. The van der Waals surface area contributed by atoms with E-state index in [9.17, 15) is 17.6 Å². The molecule has 1 aromatic carbocycles. The smallest absolute Gasteiger partial charge is 0.180 e. The number of aromatic nitrogens is 1. The summed E-state index contributed by atoms with van der Waals surface area (Å²) in [6, 6.07) is 3.48. The minimum atomic E-state index is -3.49. The van der Waals surface area contributed by atoms with Crippen molar-refractivity contribution in [2.75, 3.05) is 6.26 Å². The summed E-state index contributed by atoms with van der Waals surface area (Å²) in [6.07, 6.45) is 3.91. The van der Waals surface area contributed by atoms with Crippen LogP contribution in [0.2, 0.25) is 0 Å². The highest BCUT2D eigenvalue weighted by Gasteiger charge is 2.34. The first-order valence-electron chi connectivity index (χ1n) is 6.37. The molecule has 5 nitrogen and oxygen atoms in total. The van der Waals surface area contributed by atoms with Crippen molar-refractivity contribution in [3.05, 3.63) is 35.8 Å². The summed E-state index contributed by atoms with van der Waals surface area (Å²) >= 11 is 0. The molecule has 0 radical (unpaired) electrons. The number of Topliss-reactive ketones (excluding diaryl/α,β-unsaturated/α-hetero) is 1. The van der Waals surface area contributed by atoms with E-state index in [0.717, 1.165) is 25.2 Å². The number of hydrogen-bond acceptors (Lipinski definition) is 5. The van der Waals surface area contributed by atoms with Crippen LogP contribution in [0.3, 0.4) is 0 Å². The third kappa shape index (κ3) is 2.61. The maximum absolute atomic E-state index is 14.1. The van der Waals surface area contributed by atoms with Crippen molar-refractivity contribution in [3.8, 4) is 11.3 Å². The van der Waals surface area contributed by atoms with E-state index in [2.05, 4.69) is 5.16 Å². The molecule has 0 bridgehead atoms. The van der Waals surface area contributed by atoms with Crippen LogP contribution in [0.1, 0.15) is 23.2 Å². The number of carbonyl (C=O) groups excluding carboxylic acids is 1. The molecule has 110 valence electrons. The lowest BCUT2D eigenvalue weighted by molar-refractivity contribution is 0.0968. The Balaban J connectivity index is 2.06. The van der Waals surface area contributed by atoms with Gasteiger partial charge in [-0.15, -0.1) is 0 Å². The SMILES string of the molecule is CS(=O)(=O)c1ccc(-c2oncc2C(=O)C2CC2)c(F)c1. The minimum absolute atomic E-state index is 0.0314. The molecular formula is C14H12FNO4S. The fourth-order valence-electron chi connectivity index (χ4n) is 2.09. The molecule has 1 heterocycles. The summed E-state index contributed by atoms with van der Waals surface area (Å²) in [5.74, 6) is -0.872. The van der Waals surface area contributed by atoms with Crippen LogP contribution < -0.4 is 0 Å². The first-order chi connectivity index (χ1) is 9.88. The van der Waals surface area contributed by atoms with E-state index in [-0.39, 0.29) is 33.5 Å². The molecule has 0 spiro atoms. The van der Waals surface area contributed by atoms with Crippen LogP contribution in [-0.4, -0.2) is 25.6 Å². The zero-order chi connectivity index (χ0) is 15.2. The number of rotatable bonds is 4. The second kappa shape index (κ2) is 4.77. The fourth-order valence-corrected chi connectivity index (χ4v) is 2.72. The number of ketones is 1. The number of carbonyl (C=O) groups is 1. The Hall–Kier alpha value is -2.02. The summed E-state index contributed by atoms with van der Waals surface area (Å²) in [5, 5.41) is 3.56. The van der Waals surface area contributed by atoms with Crippen molar-refractivity contribution < 1.29 is 22.1 Å². The van der Waals surface area contributed by atoms with E-state index in [1.807, 2.05) is 0 Å². The Morgan fingerprint density at radius 2 is 2.10 bits per heavy atom. The zero-order valence-corrected chi connectivity index (χ0v) is 12.0. The van der Waals surface area contributed by atoms with Gasteiger partial charge in [-0.2, -0.15) is 0 Å². The van der Waals surface area contributed by atoms with Crippen molar-refractivity contribution in [2.24, 2.45) is 5.92 Å².